The lowest BCUT2D eigenvalue weighted by atomic mass is 10.2. The smallest absolute Gasteiger partial charge is 0.209 e. The van der Waals surface area contributed by atoms with Crippen LogP contribution in [0.25, 0.3) is 0 Å². The fourth-order valence-electron chi connectivity index (χ4n) is 2.60. The molecular formula is C21H19N5O2S. The molecule has 1 heterocycles. The second-order valence-corrected chi connectivity index (χ2v) is 8.18. The number of pyridine rings is 1. The van der Waals surface area contributed by atoms with Gasteiger partial charge < -0.3 is 5.32 Å². The quantitative estimate of drug-likeness (QED) is 0.292. The molecule has 2 aromatic carbocycles. The lowest BCUT2D eigenvalue weighted by Crippen LogP contribution is -2.26. The lowest BCUT2D eigenvalue weighted by molar-refractivity contribution is 0.596. The van der Waals surface area contributed by atoms with Crippen molar-refractivity contribution in [1.29, 1.82) is 5.26 Å². The molecule has 0 unspecified atom stereocenters. The van der Waals surface area contributed by atoms with Crippen molar-refractivity contribution in [2.75, 3.05) is 5.32 Å². The Morgan fingerprint density at radius 2 is 1.79 bits per heavy atom. The minimum absolute atomic E-state index is 0.223. The number of anilines is 1. The number of nitriles is 1. The molecular weight excluding hydrogens is 386 g/mol. The van der Waals surface area contributed by atoms with Crippen LogP contribution in [0.1, 0.15) is 11.1 Å². The van der Waals surface area contributed by atoms with Crippen molar-refractivity contribution in [3.05, 3.63) is 84.2 Å². The van der Waals surface area contributed by atoms with Gasteiger partial charge in [-0.15, -0.1) is 0 Å². The van der Waals surface area contributed by atoms with Crippen LogP contribution in [0.15, 0.2) is 87.8 Å². The van der Waals surface area contributed by atoms with Crippen LogP contribution in [0.3, 0.4) is 0 Å². The molecule has 0 aliphatic rings. The third-order valence-electron chi connectivity index (χ3n) is 4.07. The van der Waals surface area contributed by atoms with Crippen molar-refractivity contribution < 1.29 is 8.42 Å². The summed E-state index contributed by atoms with van der Waals surface area (Å²) >= 11 is 0. The number of rotatable bonds is 5. The number of benzene rings is 2. The van der Waals surface area contributed by atoms with Crippen molar-refractivity contribution in [3.63, 3.8) is 0 Å². The molecule has 0 atom stereocenters. The molecule has 7 nitrogen and oxygen atoms in total. The molecule has 0 saturated heterocycles. The number of guanidine groups is 1. The molecule has 0 saturated carbocycles. The average Bonchev–Trinajstić information content (AvgIpc) is 2.73. The van der Waals surface area contributed by atoms with E-state index in [2.05, 4.69) is 20.6 Å². The highest BCUT2D eigenvalue weighted by atomic mass is 32.2. The summed E-state index contributed by atoms with van der Waals surface area (Å²) in [6, 6.07) is 16.9. The maximum atomic E-state index is 12.8. The van der Waals surface area contributed by atoms with Gasteiger partial charge in [0.05, 0.1) is 16.3 Å². The Kier molecular flexibility index (Phi) is 6.22. The molecule has 0 bridgehead atoms. The van der Waals surface area contributed by atoms with Crippen molar-refractivity contribution in [2.24, 2.45) is 4.99 Å². The first-order chi connectivity index (χ1) is 14.0. The van der Waals surface area contributed by atoms with Crippen LogP contribution in [-0.4, -0.2) is 19.4 Å². The maximum absolute atomic E-state index is 12.8. The van der Waals surface area contributed by atoms with E-state index in [1.807, 2.05) is 19.2 Å². The Labute approximate surface area is 169 Å². The van der Waals surface area contributed by atoms with E-state index in [1.54, 1.807) is 67.0 Å². The zero-order valence-electron chi connectivity index (χ0n) is 15.7. The lowest BCUT2D eigenvalue weighted by Gasteiger charge is -2.08. The molecule has 3 aromatic rings. The van der Waals surface area contributed by atoms with E-state index in [1.165, 1.54) is 0 Å². The van der Waals surface area contributed by atoms with Crippen LogP contribution in [0.4, 0.5) is 5.69 Å². The largest absolute Gasteiger partial charge is 0.325 e. The Morgan fingerprint density at radius 1 is 1.07 bits per heavy atom. The number of aliphatic imine (C=N–C) groups is 1. The van der Waals surface area contributed by atoms with E-state index in [0.717, 1.165) is 16.8 Å². The van der Waals surface area contributed by atoms with Gasteiger partial charge in [0.25, 0.3) is 0 Å². The molecule has 146 valence electrons. The molecule has 0 aliphatic carbocycles. The van der Waals surface area contributed by atoms with Gasteiger partial charge in [0, 0.05) is 18.1 Å². The maximum Gasteiger partial charge on any atom is 0.209 e. The first kappa shape index (κ1) is 20.0. The van der Waals surface area contributed by atoms with Gasteiger partial charge in [0.15, 0.2) is 6.19 Å². The van der Waals surface area contributed by atoms with E-state index in [9.17, 15) is 8.42 Å². The van der Waals surface area contributed by atoms with Gasteiger partial charge in [-0.05, 0) is 54.4 Å². The fraction of sp³-hybridized carbons (Fsp3) is 0.0952. The minimum atomic E-state index is -3.57. The highest BCUT2D eigenvalue weighted by molar-refractivity contribution is 7.91. The topological polar surface area (TPSA) is 107 Å². The number of hydrogen-bond acceptors (Lipinski definition) is 5. The Morgan fingerprint density at radius 3 is 2.45 bits per heavy atom. The summed E-state index contributed by atoms with van der Waals surface area (Å²) < 4.78 is 25.5. The van der Waals surface area contributed by atoms with Crippen molar-refractivity contribution in [3.8, 4) is 6.19 Å². The van der Waals surface area contributed by atoms with Crippen LogP contribution >= 0.6 is 0 Å². The molecule has 2 N–H and O–H groups in total. The number of hydrogen-bond donors (Lipinski definition) is 2. The summed E-state index contributed by atoms with van der Waals surface area (Å²) in [6.07, 6.45) is 5.09. The van der Waals surface area contributed by atoms with Crippen LogP contribution in [0, 0.1) is 18.4 Å². The van der Waals surface area contributed by atoms with Gasteiger partial charge in [0.1, 0.15) is 0 Å². The third kappa shape index (κ3) is 5.18. The van der Waals surface area contributed by atoms with E-state index in [4.69, 9.17) is 5.26 Å². The van der Waals surface area contributed by atoms with E-state index in [0.29, 0.717) is 0 Å². The Hall–Kier alpha value is -3.70. The molecule has 0 fully saturated rings. The summed E-state index contributed by atoms with van der Waals surface area (Å²) in [5.41, 5.74) is 2.43. The first-order valence-corrected chi connectivity index (χ1v) is 10.2. The Bertz CT molecular complexity index is 1150. The highest BCUT2D eigenvalue weighted by Crippen LogP contribution is 2.22. The second kappa shape index (κ2) is 8.99. The molecule has 29 heavy (non-hydrogen) atoms. The summed E-state index contributed by atoms with van der Waals surface area (Å²) in [5.74, 6) is 0.287. The van der Waals surface area contributed by atoms with Gasteiger partial charge in [-0.2, -0.15) is 5.26 Å². The molecule has 8 heteroatoms. The van der Waals surface area contributed by atoms with Gasteiger partial charge in [-0.25, -0.2) is 13.4 Å². The van der Waals surface area contributed by atoms with E-state index in [-0.39, 0.29) is 22.3 Å². The van der Waals surface area contributed by atoms with Crippen molar-refractivity contribution in [1.82, 2.24) is 10.3 Å². The zero-order valence-corrected chi connectivity index (χ0v) is 16.5. The number of nitrogens with one attached hydrogen (secondary N) is 2. The summed E-state index contributed by atoms with van der Waals surface area (Å²) in [6.45, 7) is 2.12. The predicted octanol–water partition coefficient (Wildman–Crippen LogP) is 3.26. The van der Waals surface area contributed by atoms with E-state index < -0.39 is 9.84 Å². The van der Waals surface area contributed by atoms with Crippen LogP contribution < -0.4 is 10.6 Å². The highest BCUT2D eigenvalue weighted by Gasteiger charge is 2.17. The fourth-order valence-corrected chi connectivity index (χ4v) is 3.96. The first-order valence-electron chi connectivity index (χ1n) is 8.76. The Balaban J connectivity index is 1.75. The number of nitrogens with zero attached hydrogens (tertiary/aromatic N) is 3. The zero-order chi connectivity index (χ0) is 20.7. The van der Waals surface area contributed by atoms with Crippen LogP contribution in [-0.2, 0) is 16.4 Å². The van der Waals surface area contributed by atoms with E-state index >= 15 is 0 Å². The van der Waals surface area contributed by atoms with Gasteiger partial charge in [0.2, 0.25) is 15.8 Å². The van der Waals surface area contributed by atoms with Gasteiger partial charge in [-0.1, -0.05) is 24.3 Å². The SMILES string of the molecule is Cc1cccc(S(=O)(=O)c2ccc(CN=C(NC#N)Nc3ccncc3)cc2)c1. The average molecular weight is 405 g/mol. The summed E-state index contributed by atoms with van der Waals surface area (Å²) in [4.78, 5) is 8.77. The molecule has 0 spiro atoms. The van der Waals surface area contributed by atoms with Crippen LogP contribution in [0.2, 0.25) is 0 Å². The minimum Gasteiger partial charge on any atom is -0.325 e. The van der Waals surface area contributed by atoms with Crippen molar-refractivity contribution >= 4 is 21.5 Å². The van der Waals surface area contributed by atoms with Gasteiger partial charge >= 0.3 is 0 Å². The number of aryl methyl sites for hydroxylation is 1. The molecule has 1 aromatic heterocycles. The molecule has 0 amide bonds. The summed E-state index contributed by atoms with van der Waals surface area (Å²) in [7, 11) is -3.57. The molecule has 0 radical (unpaired) electrons. The molecule has 3 rings (SSSR count). The standard InChI is InChI=1S/C21H19N5O2S/c1-16-3-2-4-20(13-16)29(27,28)19-7-5-17(6-8-19)14-24-21(25-15-22)26-18-9-11-23-12-10-18/h2-13H,14H2,1H3,(H2,23,24,25,26). The summed E-state index contributed by atoms with van der Waals surface area (Å²) in [5, 5.41) is 14.4. The van der Waals surface area contributed by atoms with Gasteiger partial charge in [-0.3, -0.25) is 10.3 Å². The monoisotopic (exact) mass is 405 g/mol. The molecule has 0 aliphatic heterocycles. The predicted molar refractivity (Wildman–Crippen MR) is 111 cm³/mol. The number of aromatic nitrogens is 1. The number of sulfone groups is 1. The third-order valence-corrected chi connectivity index (χ3v) is 5.84. The van der Waals surface area contributed by atoms with Crippen molar-refractivity contribution in [2.45, 2.75) is 23.3 Å². The van der Waals surface area contributed by atoms with Crippen LogP contribution in [0.5, 0.6) is 0 Å². The second-order valence-electron chi connectivity index (χ2n) is 6.23. The normalized spacial score (nSPS) is 11.5.